The fraction of sp³-hybridized carbons (Fsp3) is 0.684. The molecule has 0 amide bonds. The van der Waals surface area contributed by atoms with Crippen LogP contribution in [0.1, 0.15) is 6.92 Å². The second-order valence-electron chi connectivity index (χ2n) is 7.28. The predicted molar refractivity (Wildman–Crippen MR) is 98.6 cm³/mol. The summed E-state index contributed by atoms with van der Waals surface area (Å²) in [5.41, 5.74) is 0. The first-order valence-electron chi connectivity index (χ1n) is 9.55. The van der Waals surface area contributed by atoms with E-state index in [2.05, 4.69) is 0 Å². The molecule has 0 spiro atoms. The Labute approximate surface area is 172 Å². The first-order chi connectivity index (χ1) is 14.3. The van der Waals surface area contributed by atoms with Crippen molar-refractivity contribution in [2.75, 3.05) is 13.7 Å². The molecule has 30 heavy (non-hydrogen) atoms. The van der Waals surface area contributed by atoms with Crippen LogP contribution < -0.4 is 9.47 Å². The normalized spacial score (nSPS) is 42.0. The van der Waals surface area contributed by atoms with Crippen molar-refractivity contribution in [3.63, 3.8) is 0 Å². The Kier molecular flexibility index (Phi) is 7.50. The summed E-state index contributed by atoms with van der Waals surface area (Å²) in [5, 5.41) is 60.1. The van der Waals surface area contributed by atoms with Gasteiger partial charge in [0.2, 0.25) is 6.29 Å². The molecule has 0 saturated carbocycles. The molecular formula is C19H28O11. The van der Waals surface area contributed by atoms with Crippen LogP contribution >= 0.6 is 0 Å². The van der Waals surface area contributed by atoms with Gasteiger partial charge in [-0.15, -0.1) is 0 Å². The second-order valence-corrected chi connectivity index (χ2v) is 7.28. The molecule has 6 N–H and O–H groups in total. The fourth-order valence-electron chi connectivity index (χ4n) is 3.41. The summed E-state index contributed by atoms with van der Waals surface area (Å²) in [4.78, 5) is 0. The van der Waals surface area contributed by atoms with Gasteiger partial charge in [-0.1, -0.05) is 0 Å². The molecule has 0 bridgehead atoms. The molecule has 0 unspecified atom stereocenters. The van der Waals surface area contributed by atoms with E-state index in [4.69, 9.17) is 23.7 Å². The number of methoxy groups -OCH3 is 1. The van der Waals surface area contributed by atoms with Crippen LogP contribution in [-0.2, 0) is 14.2 Å². The Morgan fingerprint density at radius 1 is 0.800 bits per heavy atom. The summed E-state index contributed by atoms with van der Waals surface area (Å²) in [6, 6.07) is 6.55. The molecule has 2 aliphatic rings. The average Bonchev–Trinajstić information content (AvgIpc) is 2.75. The molecule has 11 heteroatoms. The molecule has 1 aromatic rings. The number of benzene rings is 1. The third-order valence-corrected chi connectivity index (χ3v) is 5.23. The lowest BCUT2D eigenvalue weighted by Crippen LogP contribution is -2.64. The standard InChI is InChI=1S/C19H28O11/c1-8-17(30-19-15(24)13(22)12(21)11(7-20)29-19)14(23)16(25)18(27-8)28-10-5-3-9(26-2)4-6-10/h3-6,8,11-25H,7H2,1-2H3/t8-,11+,12+,13-,14-,15+,16-,17+,18-,19-/m0/s1. The highest BCUT2D eigenvalue weighted by Crippen LogP contribution is 2.30. The van der Waals surface area contributed by atoms with Crippen LogP contribution in [0, 0.1) is 0 Å². The molecule has 2 saturated heterocycles. The maximum absolute atomic E-state index is 10.5. The quantitative estimate of drug-likeness (QED) is 0.287. The van der Waals surface area contributed by atoms with Crippen molar-refractivity contribution in [3.8, 4) is 11.5 Å². The molecule has 11 nitrogen and oxygen atoms in total. The van der Waals surface area contributed by atoms with Crippen molar-refractivity contribution in [3.05, 3.63) is 24.3 Å². The molecule has 0 aliphatic carbocycles. The number of aliphatic hydroxyl groups is 6. The van der Waals surface area contributed by atoms with Crippen molar-refractivity contribution < 1.29 is 54.3 Å². The Morgan fingerprint density at radius 2 is 1.40 bits per heavy atom. The van der Waals surface area contributed by atoms with Crippen LogP contribution in [0.3, 0.4) is 0 Å². The van der Waals surface area contributed by atoms with Gasteiger partial charge in [-0.3, -0.25) is 0 Å². The monoisotopic (exact) mass is 432 g/mol. The van der Waals surface area contributed by atoms with Gasteiger partial charge in [0.15, 0.2) is 6.29 Å². The topological polar surface area (TPSA) is 168 Å². The number of ether oxygens (including phenoxy) is 5. The highest BCUT2D eigenvalue weighted by molar-refractivity contribution is 5.31. The zero-order valence-electron chi connectivity index (χ0n) is 16.5. The van der Waals surface area contributed by atoms with Crippen molar-refractivity contribution in [1.82, 2.24) is 0 Å². The fourth-order valence-corrected chi connectivity index (χ4v) is 3.41. The van der Waals surface area contributed by atoms with E-state index in [9.17, 15) is 30.6 Å². The second kappa shape index (κ2) is 9.73. The first kappa shape index (κ1) is 23.1. The van der Waals surface area contributed by atoms with Crippen LogP contribution in [0.25, 0.3) is 0 Å². The van der Waals surface area contributed by atoms with E-state index < -0.39 is 68.0 Å². The van der Waals surface area contributed by atoms with Gasteiger partial charge in [0.1, 0.15) is 54.2 Å². The van der Waals surface area contributed by atoms with Crippen LogP contribution in [0.4, 0.5) is 0 Å². The minimum atomic E-state index is -1.65. The SMILES string of the molecule is COc1ccc(O[C@@H]2O[C@@H](C)[C@@H](O[C@@H]3O[C@H](CO)[C@@H](O)[C@H](O)[C@H]3O)[C@@H](O)[C@@H]2O)cc1. The van der Waals surface area contributed by atoms with E-state index in [1.807, 2.05) is 0 Å². The minimum absolute atomic E-state index is 0.382. The average molecular weight is 432 g/mol. The lowest BCUT2D eigenvalue weighted by atomic mass is 9.97. The summed E-state index contributed by atoms with van der Waals surface area (Å²) in [6.45, 7) is 0.943. The Balaban J connectivity index is 1.65. The molecule has 0 aromatic heterocycles. The van der Waals surface area contributed by atoms with E-state index in [-0.39, 0.29) is 0 Å². The molecule has 2 fully saturated rings. The third-order valence-electron chi connectivity index (χ3n) is 5.23. The number of hydrogen-bond acceptors (Lipinski definition) is 11. The summed E-state index contributed by atoms with van der Waals surface area (Å²) in [5.74, 6) is 1.00. The minimum Gasteiger partial charge on any atom is -0.497 e. The molecule has 3 rings (SSSR count). The molecule has 10 atom stereocenters. The summed E-state index contributed by atoms with van der Waals surface area (Å²) in [6.07, 6.45) is -13.6. The lowest BCUT2D eigenvalue weighted by Gasteiger charge is -2.45. The van der Waals surface area contributed by atoms with Crippen LogP contribution in [0.2, 0.25) is 0 Å². The zero-order chi connectivity index (χ0) is 22.0. The number of aliphatic hydroxyl groups excluding tert-OH is 6. The zero-order valence-corrected chi connectivity index (χ0v) is 16.5. The van der Waals surface area contributed by atoms with Gasteiger partial charge in [0.25, 0.3) is 0 Å². The van der Waals surface area contributed by atoms with Gasteiger partial charge in [-0.25, -0.2) is 0 Å². The Morgan fingerprint density at radius 3 is 2.00 bits per heavy atom. The third kappa shape index (κ3) is 4.69. The molecule has 1 aromatic carbocycles. The van der Waals surface area contributed by atoms with Crippen LogP contribution in [0.5, 0.6) is 11.5 Å². The molecule has 0 radical (unpaired) electrons. The summed E-state index contributed by atoms with van der Waals surface area (Å²) in [7, 11) is 1.53. The molecule has 2 heterocycles. The van der Waals surface area contributed by atoms with Gasteiger partial charge < -0.3 is 54.3 Å². The van der Waals surface area contributed by atoms with E-state index in [1.165, 1.54) is 7.11 Å². The maximum atomic E-state index is 10.5. The van der Waals surface area contributed by atoms with E-state index in [0.29, 0.717) is 11.5 Å². The van der Waals surface area contributed by atoms with Crippen molar-refractivity contribution in [2.24, 2.45) is 0 Å². The number of hydrogen-bond donors (Lipinski definition) is 6. The number of rotatable bonds is 6. The van der Waals surface area contributed by atoms with E-state index >= 15 is 0 Å². The maximum Gasteiger partial charge on any atom is 0.229 e. The van der Waals surface area contributed by atoms with Gasteiger partial charge in [-0.05, 0) is 31.2 Å². The Hall–Kier alpha value is -1.54. The van der Waals surface area contributed by atoms with Gasteiger partial charge >= 0.3 is 0 Å². The lowest BCUT2D eigenvalue weighted by molar-refractivity contribution is -0.348. The highest BCUT2D eigenvalue weighted by Gasteiger charge is 2.50. The van der Waals surface area contributed by atoms with E-state index in [0.717, 1.165) is 0 Å². The predicted octanol–water partition coefficient (Wildman–Crippen LogP) is -2.27. The smallest absolute Gasteiger partial charge is 0.229 e. The van der Waals surface area contributed by atoms with Gasteiger partial charge in [0.05, 0.1) is 19.8 Å². The van der Waals surface area contributed by atoms with E-state index in [1.54, 1.807) is 31.2 Å². The van der Waals surface area contributed by atoms with Crippen LogP contribution in [-0.4, -0.2) is 106 Å². The molecule has 170 valence electrons. The van der Waals surface area contributed by atoms with Crippen molar-refractivity contribution in [2.45, 2.75) is 68.3 Å². The van der Waals surface area contributed by atoms with Gasteiger partial charge in [-0.2, -0.15) is 0 Å². The van der Waals surface area contributed by atoms with Crippen molar-refractivity contribution >= 4 is 0 Å². The highest BCUT2D eigenvalue weighted by atomic mass is 16.7. The summed E-state index contributed by atoms with van der Waals surface area (Å²) < 4.78 is 27.1. The molecule has 2 aliphatic heterocycles. The van der Waals surface area contributed by atoms with Crippen molar-refractivity contribution in [1.29, 1.82) is 0 Å². The largest absolute Gasteiger partial charge is 0.497 e. The summed E-state index contributed by atoms with van der Waals surface area (Å²) >= 11 is 0. The molecular weight excluding hydrogens is 404 g/mol. The Bertz CT molecular complexity index is 669. The van der Waals surface area contributed by atoms with Crippen LogP contribution in [0.15, 0.2) is 24.3 Å². The van der Waals surface area contributed by atoms with Gasteiger partial charge in [0, 0.05) is 0 Å². The first-order valence-corrected chi connectivity index (χ1v) is 9.55.